The van der Waals surface area contributed by atoms with Gasteiger partial charge in [0, 0.05) is 25.1 Å². The first-order chi connectivity index (χ1) is 9.95. The van der Waals surface area contributed by atoms with Gasteiger partial charge in [-0.25, -0.2) is 0 Å². The second-order valence-electron chi connectivity index (χ2n) is 5.64. The molecular weight excluding hydrogens is 272 g/mol. The molecule has 0 unspecified atom stereocenters. The summed E-state index contributed by atoms with van der Waals surface area (Å²) in [6.07, 6.45) is 1.63. The minimum atomic E-state index is -0.277. The third-order valence-corrected chi connectivity index (χ3v) is 3.63. The van der Waals surface area contributed by atoms with Crippen molar-refractivity contribution in [1.82, 2.24) is 15.4 Å². The second-order valence-corrected chi connectivity index (χ2v) is 5.64. The molecule has 1 aliphatic heterocycles. The molecule has 1 aromatic heterocycles. The molecule has 1 aromatic rings. The summed E-state index contributed by atoms with van der Waals surface area (Å²) in [5.41, 5.74) is 0. The molecule has 0 aromatic carbocycles. The van der Waals surface area contributed by atoms with E-state index in [0.29, 0.717) is 17.6 Å². The van der Waals surface area contributed by atoms with E-state index < -0.39 is 0 Å². The average molecular weight is 294 g/mol. The lowest BCUT2D eigenvalue weighted by atomic mass is 9.92. The number of hydrogen-bond donors (Lipinski definition) is 2. The lowest BCUT2D eigenvalue weighted by molar-refractivity contribution is -0.137. The molecule has 1 saturated heterocycles. The quantitative estimate of drug-likeness (QED) is 0.856. The number of anilines is 1. The van der Waals surface area contributed by atoms with Crippen molar-refractivity contribution in [3.63, 3.8) is 0 Å². The first-order valence-electron chi connectivity index (χ1n) is 7.17. The van der Waals surface area contributed by atoms with E-state index in [1.54, 1.807) is 20.0 Å². The van der Waals surface area contributed by atoms with Gasteiger partial charge in [-0.2, -0.15) is 0 Å². The summed E-state index contributed by atoms with van der Waals surface area (Å²) >= 11 is 0. The minimum Gasteiger partial charge on any atom is -0.360 e. The van der Waals surface area contributed by atoms with Crippen LogP contribution in [0.15, 0.2) is 10.6 Å². The summed E-state index contributed by atoms with van der Waals surface area (Å²) in [5, 5.41) is 9.61. The molecule has 1 aliphatic rings. The van der Waals surface area contributed by atoms with Crippen molar-refractivity contribution in [3.8, 4) is 0 Å². The first-order valence-corrected chi connectivity index (χ1v) is 7.17. The van der Waals surface area contributed by atoms with E-state index in [-0.39, 0.29) is 24.3 Å². The Kier molecular flexibility index (Phi) is 4.95. The molecule has 1 fully saturated rings. The van der Waals surface area contributed by atoms with Crippen LogP contribution in [0.2, 0.25) is 0 Å². The van der Waals surface area contributed by atoms with Crippen LogP contribution in [0.25, 0.3) is 0 Å². The number of aromatic nitrogens is 1. The summed E-state index contributed by atoms with van der Waals surface area (Å²) in [5.74, 6) is 0.733. The lowest BCUT2D eigenvalue weighted by Gasteiger charge is -2.30. The molecule has 0 radical (unpaired) electrons. The third kappa shape index (κ3) is 4.29. The van der Waals surface area contributed by atoms with Crippen LogP contribution in [0.5, 0.6) is 0 Å². The molecule has 2 heterocycles. The normalized spacial score (nSPS) is 21.9. The van der Waals surface area contributed by atoms with E-state index >= 15 is 0 Å². The number of hydrogen-bond acceptors (Lipinski definition) is 5. The molecule has 0 bridgehead atoms. The zero-order valence-electron chi connectivity index (χ0n) is 12.7. The van der Waals surface area contributed by atoms with E-state index in [0.717, 1.165) is 19.4 Å². The van der Waals surface area contributed by atoms with Gasteiger partial charge in [0.05, 0.1) is 6.54 Å². The fraction of sp³-hybridized carbons (Fsp3) is 0.643. The number of aryl methyl sites for hydroxylation is 1. The summed E-state index contributed by atoms with van der Waals surface area (Å²) in [7, 11) is 1.66. The Hall–Kier alpha value is -1.89. The Morgan fingerprint density at radius 1 is 1.57 bits per heavy atom. The molecule has 0 saturated carbocycles. The summed E-state index contributed by atoms with van der Waals surface area (Å²) < 4.78 is 4.87. The highest BCUT2D eigenvalue weighted by Gasteiger charge is 2.27. The standard InChI is InChI=1S/C14H22N4O3/c1-9-6-11(4-5-15-9)14(20)18(3)8-13(19)16-12-7-10(2)21-17-12/h7,9,11,15H,4-6,8H2,1-3H3,(H,16,17,19)/t9-,11-/m0/s1. The maximum atomic E-state index is 12.3. The molecule has 2 amide bonds. The monoisotopic (exact) mass is 294 g/mol. The molecular formula is C14H22N4O3. The number of nitrogens with one attached hydrogen (secondary N) is 2. The maximum Gasteiger partial charge on any atom is 0.245 e. The van der Waals surface area contributed by atoms with Crippen LogP contribution in [0, 0.1) is 12.8 Å². The van der Waals surface area contributed by atoms with Gasteiger partial charge in [0.25, 0.3) is 0 Å². The van der Waals surface area contributed by atoms with Crippen LogP contribution in [-0.2, 0) is 9.59 Å². The molecule has 2 rings (SSSR count). The van der Waals surface area contributed by atoms with Gasteiger partial charge in [-0.1, -0.05) is 5.16 Å². The van der Waals surface area contributed by atoms with Gasteiger partial charge in [0.1, 0.15) is 5.76 Å². The summed E-state index contributed by atoms with van der Waals surface area (Å²) in [6, 6.07) is 1.97. The predicted octanol–water partition coefficient (Wildman–Crippen LogP) is 0.768. The molecule has 116 valence electrons. The largest absolute Gasteiger partial charge is 0.360 e. The van der Waals surface area contributed by atoms with Crippen molar-refractivity contribution in [2.24, 2.45) is 5.92 Å². The van der Waals surface area contributed by atoms with Gasteiger partial charge in [-0.15, -0.1) is 0 Å². The van der Waals surface area contributed by atoms with Crippen LogP contribution in [-0.4, -0.2) is 48.0 Å². The van der Waals surface area contributed by atoms with Crippen LogP contribution in [0.3, 0.4) is 0 Å². The van der Waals surface area contributed by atoms with Gasteiger partial charge >= 0.3 is 0 Å². The number of carbonyl (C=O) groups is 2. The molecule has 0 spiro atoms. The van der Waals surface area contributed by atoms with E-state index in [1.165, 1.54) is 4.90 Å². The van der Waals surface area contributed by atoms with Crippen LogP contribution >= 0.6 is 0 Å². The number of nitrogens with zero attached hydrogens (tertiary/aromatic N) is 2. The fourth-order valence-corrected chi connectivity index (χ4v) is 2.57. The Balaban J connectivity index is 1.83. The van der Waals surface area contributed by atoms with Crippen molar-refractivity contribution in [2.75, 3.05) is 25.5 Å². The number of rotatable bonds is 4. The minimum absolute atomic E-state index is 0.00616. The first kappa shape index (κ1) is 15.5. The predicted molar refractivity (Wildman–Crippen MR) is 77.7 cm³/mol. The van der Waals surface area contributed by atoms with Crippen LogP contribution in [0.4, 0.5) is 5.82 Å². The Morgan fingerprint density at radius 3 is 2.95 bits per heavy atom. The fourth-order valence-electron chi connectivity index (χ4n) is 2.57. The number of amides is 2. The zero-order chi connectivity index (χ0) is 15.4. The Morgan fingerprint density at radius 2 is 2.33 bits per heavy atom. The topological polar surface area (TPSA) is 87.5 Å². The molecule has 0 aliphatic carbocycles. The van der Waals surface area contributed by atoms with Crippen molar-refractivity contribution < 1.29 is 14.1 Å². The van der Waals surface area contributed by atoms with Gasteiger partial charge < -0.3 is 20.1 Å². The SMILES string of the molecule is Cc1cc(NC(=O)CN(C)C(=O)[C@H]2CCN[C@@H](C)C2)no1. The zero-order valence-corrected chi connectivity index (χ0v) is 12.7. The molecule has 2 N–H and O–H groups in total. The Labute approximate surface area is 124 Å². The number of piperidine rings is 1. The highest BCUT2D eigenvalue weighted by molar-refractivity contribution is 5.94. The summed E-state index contributed by atoms with van der Waals surface area (Å²) in [6.45, 7) is 4.68. The molecule has 21 heavy (non-hydrogen) atoms. The van der Waals surface area contributed by atoms with Crippen molar-refractivity contribution in [3.05, 3.63) is 11.8 Å². The van der Waals surface area contributed by atoms with Gasteiger partial charge in [0.2, 0.25) is 11.8 Å². The van der Waals surface area contributed by atoms with E-state index in [9.17, 15) is 9.59 Å². The number of likely N-dealkylation sites (N-methyl/N-ethyl adjacent to an activating group) is 1. The third-order valence-electron chi connectivity index (χ3n) is 3.63. The van der Waals surface area contributed by atoms with Crippen molar-refractivity contribution >= 4 is 17.6 Å². The van der Waals surface area contributed by atoms with Gasteiger partial charge in [0.15, 0.2) is 5.82 Å². The maximum absolute atomic E-state index is 12.3. The second kappa shape index (κ2) is 6.71. The van der Waals surface area contributed by atoms with Crippen LogP contribution < -0.4 is 10.6 Å². The number of carbonyl (C=O) groups excluding carboxylic acids is 2. The van der Waals surface area contributed by atoms with Crippen molar-refractivity contribution in [2.45, 2.75) is 32.7 Å². The average Bonchev–Trinajstić information content (AvgIpc) is 2.82. The van der Waals surface area contributed by atoms with E-state index in [2.05, 4.69) is 22.7 Å². The lowest BCUT2D eigenvalue weighted by Crippen LogP contribution is -2.44. The highest BCUT2D eigenvalue weighted by Crippen LogP contribution is 2.18. The highest BCUT2D eigenvalue weighted by atomic mass is 16.5. The molecule has 7 heteroatoms. The van der Waals surface area contributed by atoms with E-state index in [4.69, 9.17) is 4.52 Å². The smallest absolute Gasteiger partial charge is 0.245 e. The van der Waals surface area contributed by atoms with Gasteiger partial charge in [-0.05, 0) is 33.2 Å². The van der Waals surface area contributed by atoms with Gasteiger partial charge in [-0.3, -0.25) is 9.59 Å². The molecule has 7 nitrogen and oxygen atoms in total. The molecule has 2 atom stereocenters. The van der Waals surface area contributed by atoms with E-state index in [1.807, 2.05) is 0 Å². The summed E-state index contributed by atoms with van der Waals surface area (Å²) in [4.78, 5) is 25.7. The Bertz CT molecular complexity index is 514. The van der Waals surface area contributed by atoms with Crippen molar-refractivity contribution in [1.29, 1.82) is 0 Å². The van der Waals surface area contributed by atoms with Crippen LogP contribution in [0.1, 0.15) is 25.5 Å².